The summed E-state index contributed by atoms with van der Waals surface area (Å²) in [5.41, 5.74) is 0. The van der Waals surface area contributed by atoms with Gasteiger partial charge < -0.3 is 5.32 Å². The Labute approximate surface area is 139 Å². The average molecular weight is 321 g/mol. The maximum atomic E-state index is 12.2. The molecule has 0 aromatic heterocycles. The van der Waals surface area contributed by atoms with E-state index in [2.05, 4.69) is 15.5 Å². The van der Waals surface area contributed by atoms with Gasteiger partial charge in [-0.25, -0.2) is 4.79 Å². The van der Waals surface area contributed by atoms with Crippen LogP contribution in [0.4, 0.5) is 4.79 Å². The Hall–Kier alpha value is -1.10. The molecule has 0 bridgehead atoms. The van der Waals surface area contributed by atoms with Crippen molar-refractivity contribution in [2.24, 2.45) is 5.92 Å². The van der Waals surface area contributed by atoms with Crippen LogP contribution >= 0.6 is 0 Å². The van der Waals surface area contributed by atoms with Crippen molar-refractivity contribution in [2.75, 3.05) is 13.1 Å². The number of urea groups is 1. The van der Waals surface area contributed by atoms with Crippen molar-refractivity contribution in [3.8, 4) is 0 Å². The van der Waals surface area contributed by atoms with Crippen LogP contribution in [0.5, 0.6) is 0 Å². The Morgan fingerprint density at radius 1 is 0.870 bits per heavy atom. The lowest BCUT2D eigenvalue weighted by molar-refractivity contribution is -0.122. The lowest BCUT2D eigenvalue weighted by Gasteiger charge is -2.43. The second-order valence-electron chi connectivity index (χ2n) is 7.58. The number of nitrogens with zero attached hydrogens (tertiary/aromatic N) is 1. The minimum absolute atomic E-state index is 0.149. The van der Waals surface area contributed by atoms with Gasteiger partial charge >= 0.3 is 6.03 Å². The molecule has 3 fully saturated rings. The molecule has 2 atom stereocenters. The summed E-state index contributed by atoms with van der Waals surface area (Å²) in [6.45, 7) is 1.37. The van der Waals surface area contributed by atoms with E-state index in [0.29, 0.717) is 12.6 Å². The zero-order chi connectivity index (χ0) is 16.1. The van der Waals surface area contributed by atoms with Crippen molar-refractivity contribution < 1.29 is 9.59 Å². The Bertz CT molecular complexity index is 418. The molecular formula is C18H31N3O2. The highest BCUT2D eigenvalue weighted by Gasteiger charge is 2.34. The van der Waals surface area contributed by atoms with Crippen molar-refractivity contribution in [3.05, 3.63) is 0 Å². The molecule has 0 unspecified atom stereocenters. The molecule has 0 radical (unpaired) electrons. The molecule has 130 valence electrons. The lowest BCUT2D eigenvalue weighted by Crippen LogP contribution is -2.52. The molecule has 2 aliphatic carbocycles. The Morgan fingerprint density at radius 3 is 2.39 bits per heavy atom. The van der Waals surface area contributed by atoms with E-state index in [9.17, 15) is 9.59 Å². The van der Waals surface area contributed by atoms with Gasteiger partial charge in [-0.05, 0) is 51.0 Å². The van der Waals surface area contributed by atoms with Gasteiger partial charge in [0, 0.05) is 12.1 Å². The van der Waals surface area contributed by atoms with E-state index < -0.39 is 0 Å². The van der Waals surface area contributed by atoms with Gasteiger partial charge in [0.1, 0.15) is 0 Å². The van der Waals surface area contributed by atoms with E-state index >= 15 is 0 Å². The molecule has 2 saturated carbocycles. The van der Waals surface area contributed by atoms with Crippen molar-refractivity contribution in [2.45, 2.75) is 82.7 Å². The van der Waals surface area contributed by atoms with Crippen molar-refractivity contribution in [1.29, 1.82) is 0 Å². The number of likely N-dealkylation sites (tertiary alicyclic amines) is 1. The molecule has 3 amide bonds. The summed E-state index contributed by atoms with van der Waals surface area (Å²) in [6, 6.07) is 0.498. The number of imide groups is 1. The summed E-state index contributed by atoms with van der Waals surface area (Å²) < 4.78 is 0. The molecule has 3 aliphatic rings. The largest absolute Gasteiger partial charge is 0.335 e. The summed E-state index contributed by atoms with van der Waals surface area (Å²) in [6.07, 6.45) is 13.3. The zero-order valence-electron chi connectivity index (χ0n) is 14.2. The van der Waals surface area contributed by atoms with Gasteiger partial charge in [0.25, 0.3) is 0 Å². The van der Waals surface area contributed by atoms with Gasteiger partial charge in [-0.1, -0.05) is 32.1 Å². The van der Waals surface area contributed by atoms with Crippen LogP contribution in [0.3, 0.4) is 0 Å². The summed E-state index contributed by atoms with van der Waals surface area (Å²) in [5, 5.41) is 5.49. The van der Waals surface area contributed by atoms with Gasteiger partial charge in [0.2, 0.25) is 5.91 Å². The molecule has 0 aromatic rings. The Morgan fingerprint density at radius 2 is 1.57 bits per heavy atom. The number of amides is 3. The number of carbonyl (C=O) groups excluding carboxylic acids is 2. The van der Waals surface area contributed by atoms with Gasteiger partial charge in [-0.3, -0.25) is 15.0 Å². The average Bonchev–Trinajstić information content (AvgIpc) is 2.56. The maximum Gasteiger partial charge on any atom is 0.321 e. The van der Waals surface area contributed by atoms with Crippen LogP contribution in [0, 0.1) is 5.92 Å². The van der Waals surface area contributed by atoms with E-state index in [1.54, 1.807) is 0 Å². The smallest absolute Gasteiger partial charge is 0.321 e. The van der Waals surface area contributed by atoms with Crippen LogP contribution in [0.1, 0.15) is 70.6 Å². The zero-order valence-corrected chi connectivity index (χ0v) is 14.2. The molecule has 1 saturated heterocycles. The lowest BCUT2D eigenvalue weighted by atomic mass is 9.78. The van der Waals surface area contributed by atoms with Gasteiger partial charge in [-0.2, -0.15) is 0 Å². The van der Waals surface area contributed by atoms with Crippen LogP contribution in [-0.4, -0.2) is 42.0 Å². The molecule has 0 spiro atoms. The fourth-order valence-electron chi connectivity index (χ4n) is 4.74. The first-order valence-corrected chi connectivity index (χ1v) is 9.57. The number of nitrogens with one attached hydrogen (secondary N) is 2. The minimum atomic E-state index is -0.306. The van der Waals surface area contributed by atoms with Crippen molar-refractivity contribution in [1.82, 2.24) is 15.5 Å². The fourth-order valence-corrected chi connectivity index (χ4v) is 4.74. The van der Waals surface area contributed by atoms with Crippen LogP contribution in [0.25, 0.3) is 0 Å². The third kappa shape index (κ3) is 4.69. The first kappa shape index (κ1) is 16.7. The van der Waals surface area contributed by atoms with Crippen molar-refractivity contribution >= 4 is 11.9 Å². The maximum absolute atomic E-state index is 12.2. The number of rotatable bonds is 3. The number of fused-ring (bicyclic) bond motifs is 1. The second-order valence-corrected chi connectivity index (χ2v) is 7.58. The highest BCUT2D eigenvalue weighted by Crippen LogP contribution is 2.34. The second kappa shape index (κ2) is 8.13. The monoisotopic (exact) mass is 321 g/mol. The van der Waals surface area contributed by atoms with Gasteiger partial charge in [0.15, 0.2) is 0 Å². The molecule has 5 nitrogen and oxygen atoms in total. The molecule has 2 N–H and O–H groups in total. The van der Waals surface area contributed by atoms with E-state index in [-0.39, 0.29) is 18.0 Å². The highest BCUT2D eigenvalue weighted by molar-refractivity contribution is 5.95. The molecule has 1 heterocycles. The van der Waals surface area contributed by atoms with E-state index in [0.717, 1.165) is 25.3 Å². The van der Waals surface area contributed by atoms with E-state index in [4.69, 9.17) is 0 Å². The molecule has 5 heteroatoms. The Kier molecular flexibility index (Phi) is 5.92. The van der Waals surface area contributed by atoms with Gasteiger partial charge in [-0.15, -0.1) is 0 Å². The summed E-state index contributed by atoms with van der Waals surface area (Å²) in [4.78, 5) is 26.5. The van der Waals surface area contributed by atoms with E-state index in [1.165, 1.54) is 57.8 Å². The predicted molar refractivity (Wildman–Crippen MR) is 90.1 cm³/mol. The third-order valence-electron chi connectivity index (χ3n) is 5.90. The predicted octanol–water partition coefficient (Wildman–Crippen LogP) is 2.80. The summed E-state index contributed by atoms with van der Waals surface area (Å²) >= 11 is 0. The molecule has 0 aromatic carbocycles. The topological polar surface area (TPSA) is 61.4 Å². The van der Waals surface area contributed by atoms with E-state index in [1.807, 2.05) is 0 Å². The number of piperidine rings is 1. The van der Waals surface area contributed by atoms with Crippen molar-refractivity contribution in [3.63, 3.8) is 0 Å². The summed E-state index contributed by atoms with van der Waals surface area (Å²) in [7, 11) is 0. The first-order valence-electron chi connectivity index (χ1n) is 9.57. The van der Waals surface area contributed by atoms with Crippen LogP contribution in [-0.2, 0) is 4.79 Å². The molecule has 23 heavy (non-hydrogen) atoms. The third-order valence-corrected chi connectivity index (χ3v) is 5.90. The van der Waals surface area contributed by atoms with Crippen LogP contribution < -0.4 is 10.6 Å². The minimum Gasteiger partial charge on any atom is -0.335 e. The number of hydrogen-bond donors (Lipinski definition) is 2. The Balaban J connectivity index is 1.43. The SMILES string of the molecule is O=C(CN1CCC[C@@H]2CCCC[C@@H]21)NC(=O)NC1CCCCC1. The standard InChI is InChI=1S/C18H31N3O2/c22-17(20-18(23)19-15-9-2-1-3-10-15)13-21-12-6-8-14-7-4-5-11-16(14)21/h14-16H,1-13H2,(H2,19,20,22,23)/t14-,16-/m0/s1. The summed E-state index contributed by atoms with van der Waals surface area (Å²) in [5.74, 6) is 0.617. The normalized spacial score (nSPS) is 29.6. The molecule has 1 aliphatic heterocycles. The highest BCUT2D eigenvalue weighted by atomic mass is 16.2. The quantitative estimate of drug-likeness (QED) is 0.840. The fraction of sp³-hybridized carbons (Fsp3) is 0.889. The van der Waals surface area contributed by atoms with Crippen LogP contribution in [0.15, 0.2) is 0 Å². The van der Waals surface area contributed by atoms with Crippen LogP contribution in [0.2, 0.25) is 0 Å². The molecular weight excluding hydrogens is 290 g/mol. The number of carbonyl (C=O) groups is 2. The first-order chi connectivity index (χ1) is 11.2. The van der Waals surface area contributed by atoms with Gasteiger partial charge in [0.05, 0.1) is 6.54 Å². The molecule has 3 rings (SSSR count). The number of hydrogen-bond acceptors (Lipinski definition) is 3.